The van der Waals surface area contributed by atoms with E-state index < -0.39 is 49.7 Å². The van der Waals surface area contributed by atoms with Gasteiger partial charge < -0.3 is 39.7 Å². The molecule has 0 saturated carbocycles. The van der Waals surface area contributed by atoms with Crippen molar-refractivity contribution in [3.05, 3.63) is 24.0 Å². The molecule has 0 aromatic heterocycles. The number of hydrogen-bond acceptors (Lipinski definition) is 8. The molecule has 5 N–H and O–H groups in total. The average Bonchev–Trinajstić information content (AvgIpc) is 2.83. The first kappa shape index (κ1) is 16.8. The third kappa shape index (κ3) is 2.91. The Morgan fingerprint density at radius 1 is 1.09 bits per heavy atom. The lowest BCUT2D eigenvalue weighted by atomic mass is 9.88. The highest BCUT2D eigenvalue weighted by Crippen LogP contribution is 2.40. The van der Waals surface area contributed by atoms with Crippen LogP contribution in [0.2, 0.25) is 0 Å². The van der Waals surface area contributed by atoms with Crippen molar-refractivity contribution < 1.29 is 39.7 Å². The molecule has 0 unspecified atom stereocenters. The van der Waals surface area contributed by atoms with E-state index in [2.05, 4.69) is 0 Å². The van der Waals surface area contributed by atoms with Gasteiger partial charge in [0.05, 0.1) is 24.9 Å². The monoisotopic (exact) mass is 330 g/mol. The fourth-order valence-electron chi connectivity index (χ4n) is 3.36. The maximum absolute atomic E-state index is 10.0. The summed E-state index contributed by atoms with van der Waals surface area (Å²) < 4.78 is 16.4. The second-order valence-electron chi connectivity index (χ2n) is 6.17. The molecule has 0 bridgehead atoms. The molecule has 130 valence electrons. The van der Waals surface area contributed by atoms with Crippen LogP contribution < -0.4 is 0 Å². The summed E-state index contributed by atoms with van der Waals surface area (Å²) >= 11 is 0. The lowest BCUT2D eigenvalue weighted by molar-refractivity contribution is -0.339. The van der Waals surface area contributed by atoms with Gasteiger partial charge in [0.15, 0.2) is 6.29 Å². The first-order valence-corrected chi connectivity index (χ1v) is 7.58. The van der Waals surface area contributed by atoms with Crippen molar-refractivity contribution in [1.82, 2.24) is 0 Å². The normalized spacial score (nSPS) is 49.5. The third-order valence-corrected chi connectivity index (χ3v) is 4.69. The molecule has 2 heterocycles. The second kappa shape index (κ2) is 6.48. The van der Waals surface area contributed by atoms with E-state index in [1.54, 1.807) is 12.2 Å². The quantitative estimate of drug-likeness (QED) is 0.384. The number of rotatable bonds is 3. The van der Waals surface area contributed by atoms with Gasteiger partial charge in [-0.05, 0) is 13.0 Å². The van der Waals surface area contributed by atoms with Crippen molar-refractivity contribution in [2.24, 2.45) is 11.8 Å². The second-order valence-corrected chi connectivity index (χ2v) is 6.17. The van der Waals surface area contributed by atoms with Crippen LogP contribution in [0, 0.1) is 11.8 Å². The smallest absolute Gasteiger partial charge is 0.208 e. The van der Waals surface area contributed by atoms with Crippen molar-refractivity contribution in [3.8, 4) is 0 Å². The molecule has 1 saturated heterocycles. The van der Waals surface area contributed by atoms with Crippen molar-refractivity contribution in [1.29, 1.82) is 0 Å². The van der Waals surface area contributed by atoms with Gasteiger partial charge in [0.25, 0.3) is 0 Å². The van der Waals surface area contributed by atoms with Crippen molar-refractivity contribution in [3.63, 3.8) is 0 Å². The molecule has 0 aromatic rings. The zero-order valence-electron chi connectivity index (χ0n) is 12.6. The van der Waals surface area contributed by atoms with E-state index in [0.717, 1.165) is 5.57 Å². The van der Waals surface area contributed by atoms with Gasteiger partial charge in [-0.1, -0.05) is 11.6 Å². The zero-order valence-corrected chi connectivity index (χ0v) is 12.6. The molecule has 3 rings (SSSR count). The molecular weight excluding hydrogens is 308 g/mol. The molecule has 0 amide bonds. The number of aliphatic hydroxyl groups is 5. The van der Waals surface area contributed by atoms with E-state index in [9.17, 15) is 25.5 Å². The summed E-state index contributed by atoms with van der Waals surface area (Å²) in [4.78, 5) is 0. The van der Waals surface area contributed by atoms with Crippen molar-refractivity contribution >= 4 is 0 Å². The zero-order chi connectivity index (χ0) is 16.7. The Morgan fingerprint density at radius 2 is 1.83 bits per heavy atom. The van der Waals surface area contributed by atoms with Crippen LogP contribution in [0.5, 0.6) is 0 Å². The lowest BCUT2D eigenvalue weighted by Gasteiger charge is -2.42. The first-order chi connectivity index (χ1) is 10.9. The van der Waals surface area contributed by atoms with Crippen LogP contribution in [-0.2, 0) is 14.2 Å². The van der Waals surface area contributed by atoms with Gasteiger partial charge in [-0.3, -0.25) is 0 Å². The van der Waals surface area contributed by atoms with Gasteiger partial charge in [0, 0.05) is 5.92 Å². The van der Waals surface area contributed by atoms with Crippen LogP contribution in [0.1, 0.15) is 6.92 Å². The Kier molecular flexibility index (Phi) is 4.75. The topological polar surface area (TPSA) is 129 Å². The minimum Gasteiger partial charge on any atom is -0.472 e. The Labute approximate surface area is 133 Å². The van der Waals surface area contributed by atoms with Crippen LogP contribution >= 0.6 is 0 Å². The minimum absolute atomic E-state index is 0.196. The summed E-state index contributed by atoms with van der Waals surface area (Å²) in [5, 5.41) is 48.8. The Morgan fingerprint density at radius 3 is 2.52 bits per heavy atom. The van der Waals surface area contributed by atoms with E-state index in [-0.39, 0.29) is 11.8 Å². The van der Waals surface area contributed by atoms with Crippen LogP contribution in [0.3, 0.4) is 0 Å². The van der Waals surface area contributed by atoms with Gasteiger partial charge in [-0.2, -0.15) is 0 Å². The molecule has 2 aliphatic heterocycles. The number of hydrogen-bond donors (Lipinski definition) is 5. The van der Waals surface area contributed by atoms with Crippen LogP contribution in [-0.4, -0.2) is 75.2 Å². The number of fused-ring (bicyclic) bond motifs is 1. The van der Waals surface area contributed by atoms with E-state index in [1.807, 2.05) is 6.92 Å². The van der Waals surface area contributed by atoms with Gasteiger partial charge >= 0.3 is 0 Å². The summed E-state index contributed by atoms with van der Waals surface area (Å²) in [6.45, 7) is 1.32. The van der Waals surface area contributed by atoms with E-state index in [0.29, 0.717) is 0 Å². The Balaban J connectivity index is 1.73. The molecular formula is C15H22O8. The van der Waals surface area contributed by atoms with Crippen LogP contribution in [0.15, 0.2) is 24.0 Å². The third-order valence-electron chi connectivity index (χ3n) is 4.69. The molecule has 9 atom stereocenters. The minimum atomic E-state index is -1.51. The van der Waals surface area contributed by atoms with Gasteiger partial charge in [-0.15, -0.1) is 0 Å². The predicted octanol–water partition coefficient (Wildman–Crippen LogP) is -1.77. The lowest BCUT2D eigenvalue weighted by Crippen LogP contribution is -2.60. The van der Waals surface area contributed by atoms with E-state index >= 15 is 0 Å². The molecule has 23 heavy (non-hydrogen) atoms. The molecule has 8 heteroatoms. The van der Waals surface area contributed by atoms with E-state index in [4.69, 9.17) is 14.2 Å². The van der Waals surface area contributed by atoms with E-state index in [1.165, 1.54) is 6.26 Å². The van der Waals surface area contributed by atoms with Gasteiger partial charge in [0.1, 0.15) is 24.4 Å². The number of aliphatic hydroxyl groups excluding tert-OH is 5. The summed E-state index contributed by atoms with van der Waals surface area (Å²) in [7, 11) is 0. The van der Waals surface area contributed by atoms with Crippen molar-refractivity contribution in [2.75, 3.05) is 6.61 Å². The van der Waals surface area contributed by atoms with Gasteiger partial charge in [0.2, 0.25) is 6.29 Å². The highest BCUT2D eigenvalue weighted by atomic mass is 16.8. The largest absolute Gasteiger partial charge is 0.472 e. The maximum atomic E-state index is 10.0. The SMILES string of the molecule is CC1=C[C@@H](O)[C@H]2C=CO[C@@H](O[C@H]3O[C@H](CO)[C@@H](O)[C@H](O)[C@H]3O)[C@@H]12. The fraction of sp³-hybridized carbons (Fsp3) is 0.733. The molecule has 8 nitrogen and oxygen atoms in total. The molecule has 0 aromatic carbocycles. The molecule has 1 aliphatic carbocycles. The molecule has 1 fully saturated rings. The summed E-state index contributed by atoms with van der Waals surface area (Å²) in [6.07, 6.45) is -3.32. The van der Waals surface area contributed by atoms with Crippen LogP contribution in [0.4, 0.5) is 0 Å². The molecule has 0 radical (unpaired) electrons. The van der Waals surface area contributed by atoms with Crippen LogP contribution in [0.25, 0.3) is 0 Å². The molecule has 0 spiro atoms. The summed E-state index contributed by atoms with van der Waals surface area (Å²) in [6, 6.07) is 0. The van der Waals surface area contributed by atoms with Gasteiger partial charge in [-0.25, -0.2) is 0 Å². The first-order valence-electron chi connectivity index (χ1n) is 7.58. The predicted molar refractivity (Wildman–Crippen MR) is 75.6 cm³/mol. The maximum Gasteiger partial charge on any atom is 0.208 e. The highest BCUT2D eigenvalue weighted by Gasteiger charge is 2.48. The summed E-state index contributed by atoms with van der Waals surface area (Å²) in [5.74, 6) is -0.444. The Hall–Kier alpha value is -1.00. The average molecular weight is 330 g/mol. The van der Waals surface area contributed by atoms with Crippen molar-refractivity contribution in [2.45, 2.75) is 50.0 Å². The number of ether oxygens (including phenoxy) is 3. The standard InChI is InChI=1S/C15H22O8/c1-6-4-8(17)7-2-3-21-14(10(6)7)23-15-13(20)12(19)11(18)9(5-16)22-15/h2-4,7-20H,5H2,1H3/t7-,8-,9-,10+,11-,12+,13-,14+,15-/m1/s1. The Bertz CT molecular complexity index is 490. The fourth-order valence-corrected chi connectivity index (χ4v) is 3.36. The highest BCUT2D eigenvalue weighted by molar-refractivity contribution is 5.23. The summed E-state index contributed by atoms with van der Waals surface area (Å²) in [5.41, 5.74) is 0.890. The molecule has 3 aliphatic rings.